The van der Waals surface area contributed by atoms with Gasteiger partial charge in [0, 0.05) is 0 Å². The third kappa shape index (κ3) is 3.43. The normalized spacial score (nSPS) is 16.7. The van der Waals surface area contributed by atoms with Crippen LogP contribution in [0.3, 0.4) is 0 Å². The largest absolute Gasteiger partial charge is 0.496 e. The van der Waals surface area contributed by atoms with E-state index < -0.39 is 12.5 Å². The van der Waals surface area contributed by atoms with Crippen molar-refractivity contribution in [1.29, 1.82) is 0 Å². The zero-order valence-corrected chi connectivity index (χ0v) is 13.1. The molecule has 0 radical (unpaired) electrons. The number of nitrogens with zero attached hydrogens (tertiary/aromatic N) is 1. The van der Waals surface area contributed by atoms with Crippen LogP contribution in [0, 0.1) is 6.92 Å². The summed E-state index contributed by atoms with van der Waals surface area (Å²) in [5, 5.41) is 8.78. The van der Waals surface area contributed by atoms with Crippen LogP contribution < -0.4 is 4.74 Å². The summed E-state index contributed by atoms with van der Waals surface area (Å²) in [4.78, 5) is 24.4. The summed E-state index contributed by atoms with van der Waals surface area (Å²) in [5.74, 6) is -0.695. The van der Waals surface area contributed by atoms with Crippen molar-refractivity contribution in [2.75, 3.05) is 13.7 Å². The number of hydrogen-bond donors (Lipinski definition) is 1. The van der Waals surface area contributed by atoms with Gasteiger partial charge in [-0.2, -0.15) is 0 Å². The van der Waals surface area contributed by atoms with E-state index in [2.05, 4.69) is 0 Å². The molecule has 2 rings (SSSR count). The molecule has 0 spiro atoms. The van der Waals surface area contributed by atoms with E-state index >= 15 is 0 Å². The van der Waals surface area contributed by atoms with E-state index in [4.69, 9.17) is 22.1 Å². The molecule has 0 atom stereocenters. The van der Waals surface area contributed by atoms with Gasteiger partial charge in [-0.05, 0) is 36.3 Å². The molecule has 1 fully saturated rings. The molecular weight excluding hydrogens is 310 g/mol. The zero-order chi connectivity index (χ0) is 15.6. The van der Waals surface area contributed by atoms with Gasteiger partial charge in [-0.25, -0.2) is 0 Å². The van der Waals surface area contributed by atoms with Gasteiger partial charge >= 0.3 is 5.97 Å². The molecule has 5 nitrogen and oxygen atoms in total. The third-order valence-corrected chi connectivity index (χ3v) is 4.26. The maximum atomic E-state index is 12.1. The smallest absolute Gasteiger partial charge is 0.323 e. The first-order valence-electron chi connectivity index (χ1n) is 6.04. The highest BCUT2D eigenvalue weighted by atomic mass is 32.2. The molecule has 1 aromatic carbocycles. The van der Waals surface area contributed by atoms with Crippen LogP contribution in [-0.4, -0.2) is 39.9 Å². The first kappa shape index (κ1) is 15.5. The highest BCUT2D eigenvalue weighted by Gasteiger charge is 2.33. The molecule has 1 aliphatic rings. The number of benzene rings is 1. The van der Waals surface area contributed by atoms with Crippen LogP contribution in [0.4, 0.5) is 0 Å². The number of carbonyl (C=O) groups excluding carboxylic acids is 1. The molecule has 0 saturated carbocycles. The van der Waals surface area contributed by atoms with Crippen LogP contribution in [0.5, 0.6) is 5.75 Å². The number of amides is 1. The van der Waals surface area contributed by atoms with Crippen molar-refractivity contribution in [1.82, 2.24) is 4.90 Å². The van der Waals surface area contributed by atoms with Crippen molar-refractivity contribution >= 4 is 46.3 Å². The van der Waals surface area contributed by atoms with Crippen LogP contribution >= 0.6 is 24.0 Å². The Balaban J connectivity index is 2.26. The summed E-state index contributed by atoms with van der Waals surface area (Å²) < 4.78 is 5.44. The summed E-state index contributed by atoms with van der Waals surface area (Å²) in [7, 11) is 1.60. The highest BCUT2D eigenvalue weighted by Crippen LogP contribution is 2.32. The fraction of sp³-hybridized carbons (Fsp3) is 0.214. The number of methoxy groups -OCH3 is 1. The zero-order valence-electron chi connectivity index (χ0n) is 11.5. The number of ether oxygens (including phenoxy) is 1. The van der Waals surface area contributed by atoms with Crippen molar-refractivity contribution in [2.24, 2.45) is 0 Å². The lowest BCUT2D eigenvalue weighted by Crippen LogP contribution is -2.33. The minimum Gasteiger partial charge on any atom is -0.496 e. The average molecular weight is 323 g/mol. The molecule has 0 unspecified atom stereocenters. The Bertz CT molecular complexity index is 654. The van der Waals surface area contributed by atoms with E-state index in [0.717, 1.165) is 33.5 Å². The summed E-state index contributed by atoms with van der Waals surface area (Å²) in [6.07, 6.45) is 1.70. The van der Waals surface area contributed by atoms with Crippen molar-refractivity contribution in [3.63, 3.8) is 0 Å². The Hall–Kier alpha value is -1.86. The second-order valence-corrected chi connectivity index (χ2v) is 6.07. The van der Waals surface area contributed by atoms with Crippen LogP contribution in [0.25, 0.3) is 6.08 Å². The summed E-state index contributed by atoms with van der Waals surface area (Å²) in [5.41, 5.74) is 1.79. The molecule has 0 bridgehead atoms. The molecule has 21 heavy (non-hydrogen) atoms. The third-order valence-electron chi connectivity index (χ3n) is 2.88. The average Bonchev–Trinajstić information content (AvgIpc) is 2.66. The number of aliphatic carboxylic acids is 1. The number of hydrogen-bond acceptors (Lipinski definition) is 5. The first-order valence-corrected chi connectivity index (χ1v) is 7.26. The van der Waals surface area contributed by atoms with E-state index in [1.807, 2.05) is 25.1 Å². The number of thioether (sulfide) groups is 1. The van der Waals surface area contributed by atoms with Crippen molar-refractivity contribution in [3.05, 3.63) is 34.2 Å². The number of carboxylic acids is 1. The number of carbonyl (C=O) groups is 2. The van der Waals surface area contributed by atoms with Gasteiger partial charge in [0.2, 0.25) is 0 Å². The van der Waals surface area contributed by atoms with Gasteiger partial charge in [0.25, 0.3) is 5.91 Å². The molecule has 0 aliphatic carbocycles. The Morgan fingerprint density at radius 3 is 2.81 bits per heavy atom. The van der Waals surface area contributed by atoms with Gasteiger partial charge < -0.3 is 9.84 Å². The van der Waals surface area contributed by atoms with Crippen molar-refractivity contribution in [3.8, 4) is 5.75 Å². The van der Waals surface area contributed by atoms with Crippen molar-refractivity contribution in [2.45, 2.75) is 6.92 Å². The minimum atomic E-state index is -1.09. The summed E-state index contributed by atoms with van der Waals surface area (Å²) >= 11 is 6.15. The second-order valence-electron chi connectivity index (χ2n) is 4.39. The maximum absolute atomic E-state index is 12.1. The van der Waals surface area contributed by atoms with Gasteiger partial charge in [0.15, 0.2) is 0 Å². The van der Waals surface area contributed by atoms with Gasteiger partial charge in [-0.1, -0.05) is 30.0 Å². The monoisotopic (exact) mass is 323 g/mol. The minimum absolute atomic E-state index is 0.263. The molecule has 1 amide bonds. The van der Waals surface area contributed by atoms with Crippen LogP contribution in [0.2, 0.25) is 0 Å². The molecule has 1 aliphatic heterocycles. The van der Waals surface area contributed by atoms with E-state index in [-0.39, 0.29) is 10.2 Å². The SMILES string of the molecule is COc1ccc(C=C2SC(=S)N(CC(=O)O)C2=O)cc1C. The molecule has 1 heterocycles. The number of carboxylic acid groups (broad SMARTS) is 1. The lowest BCUT2D eigenvalue weighted by atomic mass is 10.1. The predicted molar refractivity (Wildman–Crippen MR) is 85.2 cm³/mol. The molecular formula is C14H13NO4S2. The fourth-order valence-corrected chi connectivity index (χ4v) is 3.17. The van der Waals surface area contributed by atoms with Gasteiger partial charge in [-0.15, -0.1) is 0 Å². The molecule has 110 valence electrons. The quantitative estimate of drug-likeness (QED) is 0.677. The number of aryl methyl sites for hydroxylation is 1. The van der Waals surface area contributed by atoms with E-state index in [1.54, 1.807) is 13.2 Å². The molecule has 1 aromatic rings. The van der Waals surface area contributed by atoms with E-state index in [9.17, 15) is 9.59 Å². The summed E-state index contributed by atoms with van der Waals surface area (Å²) in [6.45, 7) is 1.50. The maximum Gasteiger partial charge on any atom is 0.323 e. The topological polar surface area (TPSA) is 66.8 Å². The molecule has 1 N–H and O–H groups in total. The van der Waals surface area contributed by atoms with Gasteiger partial charge in [-0.3, -0.25) is 14.5 Å². The Kier molecular flexibility index (Phi) is 4.64. The van der Waals surface area contributed by atoms with E-state index in [1.165, 1.54) is 0 Å². The lowest BCUT2D eigenvalue weighted by molar-refractivity contribution is -0.140. The Morgan fingerprint density at radius 1 is 1.52 bits per heavy atom. The van der Waals surface area contributed by atoms with Gasteiger partial charge in [0.1, 0.15) is 16.6 Å². The highest BCUT2D eigenvalue weighted by molar-refractivity contribution is 8.26. The lowest BCUT2D eigenvalue weighted by Gasteiger charge is -2.10. The Labute approximate surface area is 131 Å². The van der Waals surface area contributed by atoms with Gasteiger partial charge in [0.05, 0.1) is 12.0 Å². The first-order chi connectivity index (χ1) is 9.92. The number of thiocarbonyl (C=S) groups is 1. The fourth-order valence-electron chi connectivity index (χ4n) is 1.91. The Morgan fingerprint density at radius 2 is 2.24 bits per heavy atom. The van der Waals surface area contributed by atoms with Crippen LogP contribution in [0.1, 0.15) is 11.1 Å². The van der Waals surface area contributed by atoms with Crippen LogP contribution in [0.15, 0.2) is 23.1 Å². The van der Waals surface area contributed by atoms with E-state index in [0.29, 0.717) is 4.91 Å². The molecule has 7 heteroatoms. The second kappa shape index (κ2) is 6.28. The molecule has 0 aromatic heterocycles. The van der Waals surface area contributed by atoms with Crippen LogP contribution in [-0.2, 0) is 9.59 Å². The standard InChI is InChI=1S/C14H13NO4S2/c1-8-5-9(3-4-10(8)19-2)6-11-13(18)15(7-12(16)17)14(20)21-11/h3-6H,7H2,1-2H3,(H,16,17). The predicted octanol–water partition coefficient (Wildman–Crippen LogP) is 2.29. The van der Waals surface area contributed by atoms with Crippen molar-refractivity contribution < 1.29 is 19.4 Å². The number of rotatable bonds is 4. The molecule has 1 saturated heterocycles. The summed E-state index contributed by atoms with van der Waals surface area (Å²) in [6, 6.07) is 5.54.